The molecular weight excluding hydrogens is 305 g/mol. The summed E-state index contributed by atoms with van der Waals surface area (Å²) < 4.78 is 14.0. The summed E-state index contributed by atoms with van der Waals surface area (Å²) in [6.07, 6.45) is 2.02. The number of nitrogens with zero attached hydrogens (tertiary/aromatic N) is 1. The van der Waals surface area contributed by atoms with Crippen LogP contribution in [0.1, 0.15) is 10.9 Å². The highest BCUT2D eigenvalue weighted by atomic mass is 32.2. The lowest BCUT2D eigenvalue weighted by atomic mass is 10.2. The number of amides is 1. The van der Waals surface area contributed by atoms with Crippen LogP contribution in [0.4, 0.5) is 10.1 Å². The number of hydrogen-bond acceptors (Lipinski definition) is 3. The monoisotopic (exact) mass is 319 g/mol. The maximum Gasteiger partial charge on any atom is 0.238 e. The molecule has 3 rings (SSSR count). The number of para-hydroxylation sites is 1. The number of carbonyl (C=O) groups is 1. The summed E-state index contributed by atoms with van der Waals surface area (Å²) in [5.41, 5.74) is 1.37. The second-order valence-electron chi connectivity index (χ2n) is 4.65. The van der Waals surface area contributed by atoms with Gasteiger partial charge in [-0.25, -0.2) is 4.39 Å². The normalized spacial score (nSPS) is 18.3. The average Bonchev–Trinajstić information content (AvgIpc) is 2.89. The number of hydrogen-bond donors (Lipinski definition) is 0. The molecule has 1 fully saturated rings. The largest absolute Gasteiger partial charge is 0.292 e. The van der Waals surface area contributed by atoms with E-state index in [1.165, 1.54) is 22.7 Å². The molecule has 2 aromatic carbocycles. The fraction of sp³-hybridized carbons (Fsp3) is 0.188. The van der Waals surface area contributed by atoms with Crippen LogP contribution in [0, 0.1) is 5.82 Å². The highest BCUT2D eigenvalue weighted by Gasteiger charge is 2.35. The van der Waals surface area contributed by atoms with E-state index >= 15 is 0 Å². The highest BCUT2D eigenvalue weighted by molar-refractivity contribution is 8.00. The predicted octanol–water partition coefficient (Wildman–Crippen LogP) is 4.33. The van der Waals surface area contributed by atoms with Crippen LogP contribution in [-0.2, 0) is 4.79 Å². The molecule has 5 heteroatoms. The summed E-state index contributed by atoms with van der Waals surface area (Å²) in [5.74, 6) is -0.0355. The average molecular weight is 319 g/mol. The molecule has 1 atom stereocenters. The summed E-state index contributed by atoms with van der Waals surface area (Å²) in [6, 6.07) is 14.5. The Balaban J connectivity index is 1.97. The van der Waals surface area contributed by atoms with E-state index in [1.807, 2.05) is 30.5 Å². The molecule has 1 saturated heterocycles. The Bertz CT molecular complexity index is 660. The zero-order valence-corrected chi connectivity index (χ0v) is 13.1. The smallest absolute Gasteiger partial charge is 0.238 e. The van der Waals surface area contributed by atoms with Gasteiger partial charge in [0.1, 0.15) is 11.2 Å². The molecule has 0 aromatic heterocycles. The summed E-state index contributed by atoms with van der Waals surface area (Å²) in [4.78, 5) is 14.9. The van der Waals surface area contributed by atoms with Crippen molar-refractivity contribution in [2.75, 3.05) is 16.9 Å². The van der Waals surface area contributed by atoms with E-state index in [2.05, 4.69) is 0 Å². The number of carbonyl (C=O) groups excluding carboxylic acids is 1. The third-order valence-electron chi connectivity index (χ3n) is 3.38. The second kappa shape index (κ2) is 6.12. The van der Waals surface area contributed by atoms with Crippen LogP contribution in [0.5, 0.6) is 0 Å². The first-order chi connectivity index (χ1) is 10.2. The maximum absolute atomic E-state index is 14.0. The van der Waals surface area contributed by atoms with Gasteiger partial charge in [-0.2, -0.15) is 0 Å². The van der Waals surface area contributed by atoms with Gasteiger partial charge in [0.2, 0.25) is 5.91 Å². The molecule has 108 valence electrons. The minimum absolute atomic E-state index is 0.0518. The number of halogens is 1. The van der Waals surface area contributed by atoms with Crippen LogP contribution in [0.2, 0.25) is 0 Å². The lowest BCUT2D eigenvalue weighted by Gasteiger charge is -2.24. The van der Waals surface area contributed by atoms with Crippen molar-refractivity contribution < 1.29 is 9.18 Å². The number of rotatable bonds is 3. The van der Waals surface area contributed by atoms with Crippen LogP contribution in [0.15, 0.2) is 53.4 Å². The van der Waals surface area contributed by atoms with Gasteiger partial charge >= 0.3 is 0 Å². The Morgan fingerprint density at radius 1 is 1.19 bits per heavy atom. The zero-order valence-electron chi connectivity index (χ0n) is 11.5. The Hall–Kier alpha value is -1.46. The van der Waals surface area contributed by atoms with Gasteiger partial charge in [0.05, 0.1) is 11.4 Å². The van der Waals surface area contributed by atoms with E-state index in [1.54, 1.807) is 34.9 Å². The SMILES string of the molecule is CSc1ccc([C@H]2SCC(=O)N2c2ccccc2F)cc1. The van der Waals surface area contributed by atoms with Gasteiger partial charge < -0.3 is 0 Å². The van der Waals surface area contributed by atoms with Crippen molar-refractivity contribution in [2.45, 2.75) is 10.3 Å². The molecule has 1 aliphatic rings. The predicted molar refractivity (Wildman–Crippen MR) is 87.3 cm³/mol. The standard InChI is InChI=1S/C16H14FNOS2/c1-20-12-8-6-11(7-9-12)16-18(15(19)10-21-16)14-5-3-2-4-13(14)17/h2-9,16H,10H2,1H3/t16-/m1/s1. The van der Waals surface area contributed by atoms with E-state index < -0.39 is 0 Å². The molecule has 0 N–H and O–H groups in total. The molecule has 0 bridgehead atoms. The molecule has 0 saturated carbocycles. The molecule has 1 heterocycles. The van der Waals surface area contributed by atoms with E-state index in [0.717, 1.165) is 5.56 Å². The quantitative estimate of drug-likeness (QED) is 0.786. The minimum Gasteiger partial charge on any atom is -0.292 e. The number of thioether (sulfide) groups is 2. The van der Waals surface area contributed by atoms with Crippen LogP contribution < -0.4 is 4.90 Å². The van der Waals surface area contributed by atoms with Crippen molar-refractivity contribution in [2.24, 2.45) is 0 Å². The summed E-state index contributed by atoms with van der Waals surface area (Å²) in [6.45, 7) is 0. The fourth-order valence-corrected chi connectivity index (χ4v) is 3.92. The third-order valence-corrected chi connectivity index (χ3v) is 5.34. The number of benzene rings is 2. The van der Waals surface area contributed by atoms with Gasteiger partial charge in [-0.3, -0.25) is 9.69 Å². The lowest BCUT2D eigenvalue weighted by Crippen LogP contribution is -2.28. The zero-order chi connectivity index (χ0) is 14.8. The van der Waals surface area contributed by atoms with Crippen LogP contribution >= 0.6 is 23.5 Å². The van der Waals surface area contributed by atoms with Crippen molar-refractivity contribution in [1.82, 2.24) is 0 Å². The van der Waals surface area contributed by atoms with E-state index in [9.17, 15) is 9.18 Å². The second-order valence-corrected chi connectivity index (χ2v) is 6.60. The highest BCUT2D eigenvalue weighted by Crippen LogP contribution is 2.42. The third kappa shape index (κ3) is 2.80. The van der Waals surface area contributed by atoms with Crippen molar-refractivity contribution >= 4 is 35.1 Å². The Morgan fingerprint density at radius 3 is 2.57 bits per heavy atom. The molecule has 1 aliphatic heterocycles. The van der Waals surface area contributed by atoms with Crippen molar-refractivity contribution in [1.29, 1.82) is 0 Å². The maximum atomic E-state index is 14.0. The first-order valence-corrected chi connectivity index (χ1v) is 8.80. The molecule has 0 spiro atoms. The first-order valence-electron chi connectivity index (χ1n) is 6.53. The van der Waals surface area contributed by atoms with Crippen LogP contribution in [0.25, 0.3) is 0 Å². The van der Waals surface area contributed by atoms with Crippen molar-refractivity contribution in [3.63, 3.8) is 0 Å². The summed E-state index contributed by atoms with van der Waals surface area (Å²) in [7, 11) is 0. The van der Waals surface area contributed by atoms with E-state index in [-0.39, 0.29) is 17.1 Å². The van der Waals surface area contributed by atoms with Crippen LogP contribution in [-0.4, -0.2) is 17.9 Å². The van der Waals surface area contributed by atoms with Gasteiger partial charge in [0.25, 0.3) is 0 Å². The number of anilines is 1. The molecule has 0 unspecified atom stereocenters. The summed E-state index contributed by atoms with van der Waals surface area (Å²) >= 11 is 3.20. The Morgan fingerprint density at radius 2 is 1.90 bits per heavy atom. The van der Waals surface area contributed by atoms with Crippen LogP contribution in [0.3, 0.4) is 0 Å². The van der Waals surface area contributed by atoms with Gasteiger partial charge in [-0.05, 0) is 36.1 Å². The fourth-order valence-electron chi connectivity index (χ4n) is 2.35. The molecule has 2 nitrogen and oxygen atoms in total. The lowest BCUT2D eigenvalue weighted by molar-refractivity contribution is -0.115. The van der Waals surface area contributed by atoms with Gasteiger partial charge in [0, 0.05) is 4.90 Å². The van der Waals surface area contributed by atoms with Crippen molar-refractivity contribution in [3.05, 3.63) is 59.9 Å². The van der Waals surface area contributed by atoms with E-state index in [4.69, 9.17) is 0 Å². The molecule has 2 aromatic rings. The Labute approximate surface area is 131 Å². The van der Waals surface area contributed by atoms with Gasteiger partial charge in [-0.15, -0.1) is 23.5 Å². The molecule has 0 aliphatic carbocycles. The summed E-state index contributed by atoms with van der Waals surface area (Å²) in [5, 5.41) is -0.162. The molecular formula is C16H14FNOS2. The van der Waals surface area contributed by atoms with Gasteiger partial charge in [0.15, 0.2) is 0 Å². The minimum atomic E-state index is -0.362. The van der Waals surface area contributed by atoms with E-state index in [0.29, 0.717) is 11.4 Å². The molecule has 1 amide bonds. The van der Waals surface area contributed by atoms with Gasteiger partial charge in [-0.1, -0.05) is 24.3 Å². The first kappa shape index (κ1) is 14.5. The molecule has 0 radical (unpaired) electrons. The van der Waals surface area contributed by atoms with Crippen molar-refractivity contribution in [3.8, 4) is 0 Å². The Kier molecular flexibility index (Phi) is 4.22. The molecule has 21 heavy (non-hydrogen) atoms. The topological polar surface area (TPSA) is 20.3 Å².